The molecule has 1 aliphatic carbocycles. The molecule has 0 saturated heterocycles. The van der Waals surface area contributed by atoms with Gasteiger partial charge in [0, 0.05) is 6.61 Å². The van der Waals surface area contributed by atoms with Crippen LogP contribution >= 0.6 is 0 Å². The molecule has 0 amide bonds. The monoisotopic (exact) mass is 169 g/mol. The molecule has 0 aromatic heterocycles. The largest absolute Gasteiger partial charge is 0.375 e. The van der Waals surface area contributed by atoms with Crippen molar-refractivity contribution in [2.24, 2.45) is 5.92 Å². The van der Waals surface area contributed by atoms with Crippen LogP contribution in [0.4, 0.5) is 0 Å². The Kier molecular flexibility index (Phi) is 5.42. The lowest BCUT2D eigenvalue weighted by molar-refractivity contribution is 0.108. The molecule has 71 valence electrons. The molecular formula is C11H21O. The van der Waals surface area contributed by atoms with Crippen molar-refractivity contribution in [2.75, 3.05) is 6.61 Å². The van der Waals surface area contributed by atoms with E-state index in [9.17, 15) is 0 Å². The minimum absolute atomic E-state index is 0.882. The third-order valence-electron chi connectivity index (χ3n) is 2.60. The Labute approximate surface area is 76.5 Å². The highest BCUT2D eigenvalue weighted by atomic mass is 16.5. The zero-order valence-corrected chi connectivity index (χ0v) is 8.22. The summed E-state index contributed by atoms with van der Waals surface area (Å²) in [5.41, 5.74) is 0. The van der Waals surface area contributed by atoms with E-state index in [-0.39, 0.29) is 0 Å². The molecule has 0 N–H and O–H groups in total. The third kappa shape index (κ3) is 4.10. The summed E-state index contributed by atoms with van der Waals surface area (Å²) < 4.78 is 5.46. The number of ether oxygens (including phenoxy) is 1. The first-order valence-electron chi connectivity index (χ1n) is 5.36. The Bertz CT molecular complexity index is 97.2. The van der Waals surface area contributed by atoms with Gasteiger partial charge in [-0.05, 0) is 25.2 Å². The van der Waals surface area contributed by atoms with E-state index >= 15 is 0 Å². The van der Waals surface area contributed by atoms with Crippen molar-refractivity contribution in [2.45, 2.75) is 51.9 Å². The minimum Gasteiger partial charge on any atom is -0.375 e. The number of hydrogen-bond acceptors (Lipinski definition) is 1. The van der Waals surface area contributed by atoms with Crippen LogP contribution in [0.2, 0.25) is 0 Å². The first kappa shape index (κ1) is 10.0. The molecule has 1 saturated carbocycles. The van der Waals surface area contributed by atoms with Crippen LogP contribution in [0, 0.1) is 12.5 Å². The topological polar surface area (TPSA) is 9.23 Å². The maximum absolute atomic E-state index is 5.46. The maximum Gasteiger partial charge on any atom is 0.0836 e. The highest BCUT2D eigenvalue weighted by Crippen LogP contribution is 2.26. The SMILES string of the molecule is CCCCC[CH]OCC1CCC1. The fourth-order valence-electron chi connectivity index (χ4n) is 1.42. The summed E-state index contributed by atoms with van der Waals surface area (Å²) in [7, 11) is 0. The van der Waals surface area contributed by atoms with Gasteiger partial charge >= 0.3 is 0 Å². The molecule has 1 fully saturated rings. The Hall–Kier alpha value is -0.0400. The number of hydrogen-bond donors (Lipinski definition) is 0. The molecular weight excluding hydrogens is 148 g/mol. The summed E-state index contributed by atoms with van der Waals surface area (Å²) in [5, 5.41) is 0. The predicted octanol–water partition coefficient (Wildman–Crippen LogP) is 3.55. The van der Waals surface area contributed by atoms with Crippen molar-refractivity contribution >= 4 is 0 Å². The van der Waals surface area contributed by atoms with Gasteiger partial charge in [0.25, 0.3) is 0 Å². The summed E-state index contributed by atoms with van der Waals surface area (Å²) in [4.78, 5) is 0. The van der Waals surface area contributed by atoms with Crippen molar-refractivity contribution in [1.82, 2.24) is 0 Å². The van der Waals surface area contributed by atoms with Crippen LogP contribution in [0.25, 0.3) is 0 Å². The van der Waals surface area contributed by atoms with Crippen LogP contribution in [0.5, 0.6) is 0 Å². The van der Waals surface area contributed by atoms with E-state index in [0.717, 1.165) is 18.9 Å². The van der Waals surface area contributed by atoms with Crippen LogP contribution in [-0.2, 0) is 4.74 Å². The summed E-state index contributed by atoms with van der Waals surface area (Å²) in [6, 6.07) is 0. The molecule has 0 aromatic carbocycles. The van der Waals surface area contributed by atoms with Gasteiger partial charge in [-0.2, -0.15) is 0 Å². The Morgan fingerprint density at radius 2 is 2.17 bits per heavy atom. The first-order chi connectivity index (χ1) is 5.93. The van der Waals surface area contributed by atoms with Gasteiger partial charge in [0.2, 0.25) is 0 Å². The van der Waals surface area contributed by atoms with Crippen LogP contribution in [0.15, 0.2) is 0 Å². The van der Waals surface area contributed by atoms with Crippen molar-refractivity contribution < 1.29 is 4.74 Å². The van der Waals surface area contributed by atoms with E-state index in [1.165, 1.54) is 38.5 Å². The van der Waals surface area contributed by atoms with Crippen LogP contribution in [0.1, 0.15) is 51.9 Å². The van der Waals surface area contributed by atoms with Gasteiger partial charge in [-0.1, -0.05) is 32.6 Å². The standard InChI is InChI=1S/C11H21O/c1-2-3-4-5-9-12-10-11-7-6-8-11/h9,11H,2-8,10H2,1H3. The van der Waals surface area contributed by atoms with Gasteiger partial charge in [-0.3, -0.25) is 0 Å². The number of unbranched alkanes of at least 4 members (excludes halogenated alkanes) is 3. The predicted molar refractivity (Wildman–Crippen MR) is 51.7 cm³/mol. The van der Waals surface area contributed by atoms with Crippen molar-refractivity contribution in [3.8, 4) is 0 Å². The summed E-state index contributed by atoms with van der Waals surface area (Å²) in [5.74, 6) is 0.882. The van der Waals surface area contributed by atoms with Gasteiger partial charge in [0.05, 0.1) is 6.61 Å². The van der Waals surface area contributed by atoms with Gasteiger partial charge < -0.3 is 4.74 Å². The highest BCUT2D eigenvalue weighted by molar-refractivity contribution is 4.69. The summed E-state index contributed by atoms with van der Waals surface area (Å²) in [6.07, 6.45) is 9.27. The minimum atomic E-state index is 0.882. The van der Waals surface area contributed by atoms with E-state index in [1.54, 1.807) is 0 Å². The number of rotatable bonds is 7. The van der Waals surface area contributed by atoms with Crippen LogP contribution in [0.3, 0.4) is 0 Å². The Morgan fingerprint density at radius 3 is 2.75 bits per heavy atom. The molecule has 0 aliphatic heterocycles. The molecule has 12 heavy (non-hydrogen) atoms. The van der Waals surface area contributed by atoms with E-state index in [2.05, 4.69) is 6.92 Å². The van der Waals surface area contributed by atoms with E-state index in [4.69, 9.17) is 4.74 Å². The molecule has 1 rings (SSSR count). The molecule has 0 bridgehead atoms. The second-order valence-corrected chi connectivity index (χ2v) is 3.79. The second kappa shape index (κ2) is 6.47. The average molecular weight is 169 g/mol. The second-order valence-electron chi connectivity index (χ2n) is 3.79. The first-order valence-corrected chi connectivity index (χ1v) is 5.36. The van der Waals surface area contributed by atoms with E-state index < -0.39 is 0 Å². The molecule has 1 radical (unpaired) electrons. The van der Waals surface area contributed by atoms with Crippen molar-refractivity contribution in [3.05, 3.63) is 6.61 Å². The van der Waals surface area contributed by atoms with Crippen molar-refractivity contribution in [1.29, 1.82) is 0 Å². The van der Waals surface area contributed by atoms with Crippen molar-refractivity contribution in [3.63, 3.8) is 0 Å². The fraction of sp³-hybridized carbons (Fsp3) is 0.909. The van der Waals surface area contributed by atoms with E-state index in [0.29, 0.717) is 0 Å². The van der Waals surface area contributed by atoms with Gasteiger partial charge in [-0.15, -0.1) is 0 Å². The van der Waals surface area contributed by atoms with Gasteiger partial charge in [0.1, 0.15) is 0 Å². The molecule has 1 aliphatic rings. The van der Waals surface area contributed by atoms with E-state index in [1.807, 2.05) is 6.61 Å². The maximum atomic E-state index is 5.46. The highest BCUT2D eigenvalue weighted by Gasteiger charge is 2.16. The van der Waals surface area contributed by atoms with Gasteiger partial charge in [-0.25, -0.2) is 0 Å². The quantitative estimate of drug-likeness (QED) is 0.530. The summed E-state index contributed by atoms with van der Waals surface area (Å²) >= 11 is 0. The molecule has 0 spiro atoms. The van der Waals surface area contributed by atoms with Crippen LogP contribution in [-0.4, -0.2) is 6.61 Å². The molecule has 0 atom stereocenters. The normalized spacial score (nSPS) is 17.8. The summed E-state index contributed by atoms with van der Waals surface area (Å²) in [6.45, 7) is 5.22. The Balaban J connectivity index is 1.70. The molecule has 0 heterocycles. The lowest BCUT2D eigenvalue weighted by Gasteiger charge is -2.24. The fourth-order valence-corrected chi connectivity index (χ4v) is 1.42. The molecule has 1 nitrogen and oxygen atoms in total. The third-order valence-corrected chi connectivity index (χ3v) is 2.60. The lowest BCUT2D eigenvalue weighted by atomic mass is 9.86. The molecule has 1 heteroatoms. The van der Waals surface area contributed by atoms with Gasteiger partial charge in [0.15, 0.2) is 0 Å². The zero-order valence-electron chi connectivity index (χ0n) is 8.22. The smallest absolute Gasteiger partial charge is 0.0836 e. The lowest BCUT2D eigenvalue weighted by Crippen LogP contribution is -2.16. The molecule has 0 aromatic rings. The zero-order chi connectivity index (χ0) is 8.65. The average Bonchev–Trinajstić information content (AvgIpc) is 2.00. The van der Waals surface area contributed by atoms with Crippen LogP contribution < -0.4 is 0 Å². The Morgan fingerprint density at radius 1 is 1.33 bits per heavy atom. The molecule has 0 unspecified atom stereocenters.